The number of likely N-dealkylation sites (N-methyl/N-ethyl adjacent to an activating group) is 1. The van der Waals surface area contributed by atoms with Gasteiger partial charge in [0.1, 0.15) is 0 Å². The summed E-state index contributed by atoms with van der Waals surface area (Å²) in [7, 11) is 5.95. The summed E-state index contributed by atoms with van der Waals surface area (Å²) in [5.41, 5.74) is 1.28. The molecule has 1 aromatic rings. The number of guanidine groups is 1. The molecular weight excluding hydrogens is 292 g/mol. The van der Waals surface area contributed by atoms with E-state index in [4.69, 9.17) is 9.47 Å². The summed E-state index contributed by atoms with van der Waals surface area (Å²) in [5.74, 6) is 2.48. The van der Waals surface area contributed by atoms with Crippen molar-refractivity contribution in [1.82, 2.24) is 15.5 Å². The van der Waals surface area contributed by atoms with Gasteiger partial charge in [-0.3, -0.25) is 4.99 Å². The average molecular weight is 320 g/mol. The lowest BCUT2D eigenvalue weighted by Gasteiger charge is -2.33. The number of nitrogens with one attached hydrogen (secondary N) is 2. The van der Waals surface area contributed by atoms with Crippen molar-refractivity contribution in [3.63, 3.8) is 0 Å². The van der Waals surface area contributed by atoms with Gasteiger partial charge in [-0.25, -0.2) is 0 Å². The molecule has 1 aliphatic heterocycles. The molecule has 1 aromatic carbocycles. The lowest BCUT2D eigenvalue weighted by molar-refractivity contribution is 0.174. The highest BCUT2D eigenvalue weighted by atomic mass is 16.7. The summed E-state index contributed by atoms with van der Waals surface area (Å²) < 4.78 is 10.7. The molecule has 0 aromatic heterocycles. The van der Waals surface area contributed by atoms with Crippen LogP contribution in [0.2, 0.25) is 0 Å². The number of benzene rings is 1. The molecule has 0 fully saturated rings. The Kier molecular flexibility index (Phi) is 5.71. The smallest absolute Gasteiger partial charge is 0.231 e. The van der Waals surface area contributed by atoms with Crippen LogP contribution in [0.3, 0.4) is 0 Å². The minimum Gasteiger partial charge on any atom is -0.454 e. The SMILES string of the molecule is CN=C(NCCc1ccc2c(c1)OCO2)NCC(C)(C)N(C)C. The molecule has 0 radical (unpaired) electrons. The molecule has 0 amide bonds. The Labute approximate surface area is 138 Å². The van der Waals surface area contributed by atoms with Gasteiger partial charge in [0, 0.05) is 25.7 Å². The largest absolute Gasteiger partial charge is 0.454 e. The summed E-state index contributed by atoms with van der Waals surface area (Å²) in [6.07, 6.45) is 0.897. The fraction of sp³-hybridized carbons (Fsp3) is 0.588. The summed E-state index contributed by atoms with van der Waals surface area (Å²) in [4.78, 5) is 6.47. The molecule has 1 aliphatic rings. The second-order valence-corrected chi connectivity index (χ2v) is 6.50. The van der Waals surface area contributed by atoms with Crippen LogP contribution >= 0.6 is 0 Å². The van der Waals surface area contributed by atoms with E-state index in [0.717, 1.165) is 37.0 Å². The number of hydrogen-bond donors (Lipinski definition) is 2. The highest BCUT2D eigenvalue weighted by Crippen LogP contribution is 2.32. The van der Waals surface area contributed by atoms with E-state index in [1.807, 2.05) is 12.1 Å². The van der Waals surface area contributed by atoms with Crippen molar-refractivity contribution in [3.05, 3.63) is 23.8 Å². The Morgan fingerprint density at radius 3 is 2.65 bits per heavy atom. The summed E-state index contributed by atoms with van der Waals surface area (Å²) >= 11 is 0. The first-order chi connectivity index (χ1) is 10.9. The van der Waals surface area contributed by atoms with Crippen molar-refractivity contribution in [2.75, 3.05) is 41.0 Å². The van der Waals surface area contributed by atoms with Crippen molar-refractivity contribution < 1.29 is 9.47 Å². The lowest BCUT2D eigenvalue weighted by atomic mass is 10.0. The standard InChI is InChI=1S/C17H28N4O2/c1-17(2,21(4)5)11-20-16(18-3)19-9-8-13-6-7-14-15(10-13)23-12-22-14/h6-7,10H,8-9,11-12H2,1-5H3,(H2,18,19,20). The number of aliphatic imine (C=N–C) groups is 1. The van der Waals surface area contributed by atoms with Crippen LogP contribution in [0.1, 0.15) is 19.4 Å². The zero-order chi connectivity index (χ0) is 16.9. The van der Waals surface area contributed by atoms with E-state index in [1.54, 1.807) is 7.05 Å². The van der Waals surface area contributed by atoms with Crippen LogP contribution in [-0.2, 0) is 6.42 Å². The Hall–Kier alpha value is -1.95. The van der Waals surface area contributed by atoms with Gasteiger partial charge in [-0.1, -0.05) is 6.07 Å². The molecule has 128 valence electrons. The number of nitrogens with zero attached hydrogens (tertiary/aromatic N) is 2. The van der Waals surface area contributed by atoms with E-state index in [2.05, 4.69) is 54.5 Å². The zero-order valence-electron chi connectivity index (χ0n) is 14.8. The molecule has 0 bridgehead atoms. The third kappa shape index (κ3) is 4.76. The molecule has 0 saturated carbocycles. The molecule has 0 atom stereocenters. The van der Waals surface area contributed by atoms with Gasteiger partial charge in [-0.2, -0.15) is 0 Å². The number of ether oxygens (including phenoxy) is 2. The van der Waals surface area contributed by atoms with Crippen LogP contribution < -0.4 is 20.1 Å². The fourth-order valence-electron chi connectivity index (χ4n) is 2.10. The minimum atomic E-state index is 0.0644. The van der Waals surface area contributed by atoms with Crippen LogP contribution in [-0.4, -0.2) is 57.4 Å². The Bertz CT molecular complexity index is 556. The quantitative estimate of drug-likeness (QED) is 0.614. The number of rotatable bonds is 6. The van der Waals surface area contributed by atoms with Crippen molar-refractivity contribution >= 4 is 5.96 Å². The Morgan fingerprint density at radius 1 is 1.22 bits per heavy atom. The highest BCUT2D eigenvalue weighted by Gasteiger charge is 2.20. The van der Waals surface area contributed by atoms with E-state index in [-0.39, 0.29) is 5.54 Å². The molecule has 0 unspecified atom stereocenters. The van der Waals surface area contributed by atoms with Gasteiger partial charge in [-0.05, 0) is 52.1 Å². The third-order valence-corrected chi connectivity index (χ3v) is 4.27. The van der Waals surface area contributed by atoms with Crippen LogP contribution in [0.4, 0.5) is 0 Å². The lowest BCUT2D eigenvalue weighted by Crippen LogP contribution is -2.51. The van der Waals surface area contributed by atoms with Crippen molar-refractivity contribution in [2.45, 2.75) is 25.8 Å². The van der Waals surface area contributed by atoms with Crippen LogP contribution in [0, 0.1) is 0 Å². The number of fused-ring (bicyclic) bond motifs is 1. The molecule has 2 N–H and O–H groups in total. The van der Waals surface area contributed by atoms with Gasteiger partial charge in [0.25, 0.3) is 0 Å². The van der Waals surface area contributed by atoms with Gasteiger partial charge < -0.3 is 25.0 Å². The number of hydrogen-bond acceptors (Lipinski definition) is 4. The molecule has 6 nitrogen and oxygen atoms in total. The molecular formula is C17H28N4O2. The molecule has 0 aliphatic carbocycles. The van der Waals surface area contributed by atoms with Gasteiger partial charge in [0.05, 0.1) is 0 Å². The second kappa shape index (κ2) is 7.55. The molecule has 23 heavy (non-hydrogen) atoms. The van der Waals surface area contributed by atoms with E-state index in [9.17, 15) is 0 Å². The summed E-state index contributed by atoms with van der Waals surface area (Å²) in [6.45, 7) is 6.33. The maximum absolute atomic E-state index is 5.40. The van der Waals surface area contributed by atoms with Crippen LogP contribution in [0.15, 0.2) is 23.2 Å². The monoisotopic (exact) mass is 320 g/mol. The van der Waals surface area contributed by atoms with E-state index < -0.39 is 0 Å². The predicted octanol–water partition coefficient (Wildman–Crippen LogP) is 1.46. The first-order valence-corrected chi connectivity index (χ1v) is 7.93. The van der Waals surface area contributed by atoms with Gasteiger partial charge in [-0.15, -0.1) is 0 Å². The summed E-state index contributed by atoms with van der Waals surface area (Å²) in [5, 5.41) is 6.72. The maximum atomic E-state index is 5.40. The predicted molar refractivity (Wildman–Crippen MR) is 93.4 cm³/mol. The van der Waals surface area contributed by atoms with Crippen LogP contribution in [0.25, 0.3) is 0 Å². The van der Waals surface area contributed by atoms with Crippen molar-refractivity contribution in [2.24, 2.45) is 4.99 Å². The van der Waals surface area contributed by atoms with Gasteiger partial charge in [0.2, 0.25) is 6.79 Å². The summed E-state index contributed by atoms with van der Waals surface area (Å²) in [6, 6.07) is 6.07. The van der Waals surface area contributed by atoms with E-state index in [1.165, 1.54) is 5.56 Å². The minimum absolute atomic E-state index is 0.0644. The van der Waals surface area contributed by atoms with Crippen molar-refractivity contribution in [3.8, 4) is 11.5 Å². The highest BCUT2D eigenvalue weighted by molar-refractivity contribution is 5.79. The van der Waals surface area contributed by atoms with Crippen LogP contribution in [0.5, 0.6) is 11.5 Å². The topological polar surface area (TPSA) is 58.1 Å². The van der Waals surface area contributed by atoms with Gasteiger partial charge >= 0.3 is 0 Å². The molecule has 0 spiro atoms. The molecule has 0 saturated heterocycles. The van der Waals surface area contributed by atoms with Crippen molar-refractivity contribution in [1.29, 1.82) is 0 Å². The average Bonchev–Trinajstić information content (AvgIpc) is 2.98. The third-order valence-electron chi connectivity index (χ3n) is 4.27. The Balaban J connectivity index is 1.78. The first kappa shape index (κ1) is 17.4. The van der Waals surface area contributed by atoms with Gasteiger partial charge in [0.15, 0.2) is 17.5 Å². The van der Waals surface area contributed by atoms with E-state index >= 15 is 0 Å². The zero-order valence-corrected chi connectivity index (χ0v) is 14.8. The second-order valence-electron chi connectivity index (χ2n) is 6.50. The normalized spacial score (nSPS) is 14.3. The maximum Gasteiger partial charge on any atom is 0.231 e. The first-order valence-electron chi connectivity index (χ1n) is 7.93. The molecule has 2 rings (SSSR count). The molecule has 1 heterocycles. The Morgan fingerprint density at radius 2 is 1.96 bits per heavy atom. The van der Waals surface area contributed by atoms with E-state index in [0.29, 0.717) is 6.79 Å². The molecule has 6 heteroatoms. The fourth-order valence-corrected chi connectivity index (χ4v) is 2.10.